The Bertz CT molecular complexity index is 3240. The van der Waals surface area contributed by atoms with Gasteiger partial charge in [0.1, 0.15) is 18.2 Å². The largest absolute Gasteiger partial charge is 0.355 e. The van der Waals surface area contributed by atoms with E-state index in [0.717, 1.165) is 85.1 Å². The number of hydrogen-bond acceptors (Lipinski definition) is 9. The molecule has 3 aliphatic heterocycles. The summed E-state index contributed by atoms with van der Waals surface area (Å²) in [6.45, 7) is 5.78. The number of hydrogen-bond donors (Lipinski definition) is 2. The van der Waals surface area contributed by atoms with Crippen molar-refractivity contribution in [3.63, 3.8) is 0 Å². The summed E-state index contributed by atoms with van der Waals surface area (Å²) in [5.74, 6) is 7.02. The number of aromatic nitrogens is 6. The van der Waals surface area contributed by atoms with Crippen LogP contribution in [0.15, 0.2) is 88.8 Å². The molecule has 6 heterocycles. The highest BCUT2D eigenvalue weighted by Crippen LogP contribution is 2.46. The van der Waals surface area contributed by atoms with E-state index in [4.69, 9.17) is 4.98 Å². The summed E-state index contributed by atoms with van der Waals surface area (Å²) < 4.78 is 5.98. The number of fused-ring (bicyclic) bond motifs is 1. The van der Waals surface area contributed by atoms with Crippen molar-refractivity contribution in [1.82, 2.24) is 44.0 Å². The molecule has 17 nitrogen and oxygen atoms in total. The molecule has 6 aromatic rings. The van der Waals surface area contributed by atoms with Gasteiger partial charge in [0.05, 0.1) is 16.7 Å². The molecule has 1 aliphatic carbocycles. The number of piperidine rings is 1. The molecule has 4 fully saturated rings. The first-order valence-corrected chi connectivity index (χ1v) is 23.8. The van der Waals surface area contributed by atoms with Gasteiger partial charge >= 0.3 is 17.4 Å². The number of amides is 5. The number of pyridine rings is 1. The Morgan fingerprint density at radius 1 is 0.884 bits per heavy atom. The first kappa shape index (κ1) is 45.2. The molecular formula is C52H55N11O6. The van der Waals surface area contributed by atoms with Gasteiger partial charge in [-0.25, -0.2) is 28.6 Å². The first-order chi connectivity index (χ1) is 33.4. The van der Waals surface area contributed by atoms with Crippen LogP contribution in [0.3, 0.4) is 0 Å². The molecule has 0 bridgehead atoms. The lowest BCUT2D eigenvalue weighted by Crippen LogP contribution is -2.57. The Labute approximate surface area is 398 Å². The van der Waals surface area contributed by atoms with E-state index < -0.39 is 11.9 Å². The van der Waals surface area contributed by atoms with E-state index in [-0.39, 0.29) is 47.0 Å². The number of nitrogens with one attached hydrogen (secondary N) is 2. The van der Waals surface area contributed by atoms with E-state index >= 15 is 0 Å². The number of carbonyl (C=O) groups is 4. The third kappa shape index (κ3) is 8.22. The quantitative estimate of drug-likeness (QED) is 0.145. The maximum absolute atomic E-state index is 14.1. The van der Waals surface area contributed by atoms with Crippen molar-refractivity contribution in [2.45, 2.75) is 64.3 Å². The second-order valence-electron chi connectivity index (χ2n) is 18.8. The molecule has 10 rings (SSSR count). The van der Waals surface area contributed by atoms with Crippen molar-refractivity contribution >= 4 is 46.3 Å². The molecule has 5 amide bonds. The number of urea groups is 1. The lowest BCUT2D eigenvalue weighted by Gasteiger charge is -2.53. The van der Waals surface area contributed by atoms with Gasteiger partial charge in [-0.05, 0) is 110 Å². The van der Waals surface area contributed by atoms with E-state index in [1.807, 2.05) is 42.5 Å². The fourth-order valence-corrected chi connectivity index (χ4v) is 11.0. The average molecular weight is 930 g/mol. The van der Waals surface area contributed by atoms with Gasteiger partial charge in [0.25, 0.3) is 5.91 Å². The third-order valence-corrected chi connectivity index (χ3v) is 14.7. The Kier molecular flexibility index (Phi) is 11.9. The van der Waals surface area contributed by atoms with E-state index in [9.17, 15) is 28.8 Å². The summed E-state index contributed by atoms with van der Waals surface area (Å²) in [6, 6.07) is 19.8. The summed E-state index contributed by atoms with van der Waals surface area (Å²) in [4.78, 5) is 88.2. The molecule has 3 aromatic heterocycles. The lowest BCUT2D eigenvalue weighted by molar-refractivity contribution is -0.135. The molecule has 3 aromatic carbocycles. The van der Waals surface area contributed by atoms with Crippen molar-refractivity contribution in [2.24, 2.45) is 25.4 Å². The van der Waals surface area contributed by atoms with Crippen molar-refractivity contribution in [2.75, 3.05) is 49.6 Å². The molecule has 0 radical (unpaired) electrons. The van der Waals surface area contributed by atoms with Crippen LogP contribution >= 0.6 is 0 Å². The molecule has 69 heavy (non-hydrogen) atoms. The van der Waals surface area contributed by atoms with Crippen LogP contribution in [0.4, 0.5) is 16.3 Å². The van der Waals surface area contributed by atoms with E-state index in [0.29, 0.717) is 54.2 Å². The van der Waals surface area contributed by atoms with Gasteiger partial charge in [-0.3, -0.25) is 38.6 Å². The van der Waals surface area contributed by atoms with Crippen molar-refractivity contribution in [3.8, 4) is 28.7 Å². The molecule has 1 spiro atoms. The first-order valence-electron chi connectivity index (χ1n) is 23.8. The molecule has 2 N–H and O–H groups in total. The number of carbonyl (C=O) groups excluding carboxylic acids is 4. The fourth-order valence-electron chi connectivity index (χ4n) is 11.0. The number of benzene rings is 3. The highest BCUT2D eigenvalue weighted by Gasteiger charge is 2.44. The molecule has 1 atom stereocenters. The van der Waals surface area contributed by atoms with Gasteiger partial charge in [-0.2, -0.15) is 5.10 Å². The Morgan fingerprint density at radius 3 is 2.41 bits per heavy atom. The molecule has 3 saturated heterocycles. The number of imide groups is 1. The van der Waals surface area contributed by atoms with Crippen LogP contribution in [0.2, 0.25) is 0 Å². The van der Waals surface area contributed by atoms with Crippen molar-refractivity contribution in [3.05, 3.63) is 122 Å². The maximum Gasteiger partial charge on any atom is 0.350 e. The summed E-state index contributed by atoms with van der Waals surface area (Å²) in [5, 5.41) is 9.22. The van der Waals surface area contributed by atoms with Gasteiger partial charge in [-0.15, -0.1) is 0 Å². The van der Waals surface area contributed by atoms with Gasteiger partial charge in [0.15, 0.2) is 0 Å². The monoisotopic (exact) mass is 929 g/mol. The third-order valence-electron chi connectivity index (χ3n) is 14.7. The zero-order valence-corrected chi connectivity index (χ0v) is 39.3. The van der Waals surface area contributed by atoms with Crippen LogP contribution in [0.1, 0.15) is 78.5 Å². The number of nitrogens with zero attached hydrogens (tertiary/aromatic N) is 9. The van der Waals surface area contributed by atoms with Gasteiger partial charge in [0, 0.05) is 94.8 Å². The number of likely N-dealkylation sites (tertiary alicyclic amines) is 1. The molecule has 17 heteroatoms. The second-order valence-corrected chi connectivity index (χ2v) is 18.8. The van der Waals surface area contributed by atoms with Crippen LogP contribution in [0.25, 0.3) is 27.8 Å². The summed E-state index contributed by atoms with van der Waals surface area (Å²) in [5.41, 5.74) is 7.56. The Hall–Kier alpha value is -7.58. The van der Waals surface area contributed by atoms with Crippen LogP contribution < -0.4 is 31.8 Å². The molecule has 354 valence electrons. The Balaban J connectivity index is 0.848. The van der Waals surface area contributed by atoms with Crippen LogP contribution in [-0.4, -0.2) is 96.9 Å². The minimum absolute atomic E-state index is 0.198. The minimum atomic E-state index is -0.715. The average Bonchev–Trinajstić information content (AvgIpc) is 3.99. The summed E-state index contributed by atoms with van der Waals surface area (Å²) >= 11 is 0. The summed E-state index contributed by atoms with van der Waals surface area (Å²) in [7, 11) is 4.95. The minimum Gasteiger partial charge on any atom is -0.355 e. The smallest absolute Gasteiger partial charge is 0.350 e. The molecule has 1 saturated carbocycles. The highest BCUT2D eigenvalue weighted by atomic mass is 16.2. The standard InChI is InChI=1S/C52H55N11O6/c1-5-39-41(20-24-54-46(39)61-27-26-60(51(61)69)37-10-6-9-36(29-37)47(65)53-2)40-15-14-38(62-32-55-58(4)50(62)68)28-35(40)13-12-33-18-22-52(23-19-33)30-59(31-52)25-21-34-8-7-11-42-45(34)57(3)49(67)63(42)43-16-17-44(64)56-48(43)66/h6-11,14-15,20,24,28-29,32-33,43H,5,16-19,21-23,25-27,30-31H2,1-4H3,(H,53,65)(H,56,64,66). The zero-order chi connectivity index (χ0) is 48.1. The van der Waals surface area contributed by atoms with E-state index in [1.54, 1.807) is 64.5 Å². The van der Waals surface area contributed by atoms with Crippen LogP contribution in [0, 0.1) is 23.2 Å². The van der Waals surface area contributed by atoms with Crippen molar-refractivity contribution < 1.29 is 19.2 Å². The predicted molar refractivity (Wildman–Crippen MR) is 261 cm³/mol. The predicted octanol–water partition coefficient (Wildman–Crippen LogP) is 4.72. The zero-order valence-electron chi connectivity index (χ0n) is 39.3. The highest BCUT2D eigenvalue weighted by molar-refractivity contribution is 6.07. The van der Waals surface area contributed by atoms with E-state index in [2.05, 4.69) is 45.5 Å². The lowest BCUT2D eigenvalue weighted by atomic mass is 9.66. The van der Waals surface area contributed by atoms with Crippen molar-refractivity contribution in [1.29, 1.82) is 0 Å². The van der Waals surface area contributed by atoms with Gasteiger partial charge < -0.3 is 10.2 Å². The summed E-state index contributed by atoms with van der Waals surface area (Å²) in [6.07, 6.45) is 9.21. The molecule has 1 unspecified atom stereocenters. The van der Waals surface area contributed by atoms with Crippen LogP contribution in [-0.2, 0) is 36.5 Å². The van der Waals surface area contributed by atoms with Gasteiger partial charge in [0.2, 0.25) is 11.8 Å². The number of imidazole rings is 1. The topological polar surface area (TPSA) is 182 Å². The maximum atomic E-state index is 14.1. The number of anilines is 2. The normalized spacial score (nSPS) is 18.4. The second kappa shape index (κ2) is 18.1. The number of aryl methyl sites for hydroxylation is 2. The van der Waals surface area contributed by atoms with Crippen LogP contribution in [0.5, 0.6) is 0 Å². The molecular weight excluding hydrogens is 875 g/mol. The van der Waals surface area contributed by atoms with E-state index in [1.165, 1.54) is 15.6 Å². The Morgan fingerprint density at radius 2 is 1.67 bits per heavy atom. The fraction of sp³-hybridized carbons (Fsp3) is 0.385. The SMILES string of the molecule is CCc1c(-c2ccc(-n3cnn(C)c3=O)cc2C#CC2CCC3(CC2)CN(CCc2cccc4c2n(C)c(=O)n4C2CCC(=O)NC2=O)C3)ccnc1N1CCN(c2cccc(C(=O)NC)c2)C1=O. The molecule has 4 aliphatic rings. The van der Waals surface area contributed by atoms with Gasteiger partial charge in [-0.1, -0.05) is 43.0 Å². The number of para-hydroxylation sites is 1. The number of rotatable bonds is 10.